The zero-order chi connectivity index (χ0) is 7.03. The highest BCUT2D eigenvalue weighted by Crippen LogP contribution is 2.45. The summed E-state index contributed by atoms with van der Waals surface area (Å²) in [6, 6.07) is 0. The summed E-state index contributed by atoms with van der Waals surface area (Å²) in [6.45, 7) is 3.84. The van der Waals surface area contributed by atoms with E-state index in [9.17, 15) is 0 Å². The van der Waals surface area contributed by atoms with Crippen LogP contribution in [-0.2, 0) is 9.47 Å². The highest BCUT2D eigenvalue weighted by atomic mass is 16.7. The molecular weight excluding hydrogens is 128 g/mol. The Morgan fingerprint density at radius 2 is 1.80 bits per heavy atom. The SMILES string of the molecule is CC1(C2OCCO2)CCC1. The predicted molar refractivity (Wildman–Crippen MR) is 37.6 cm³/mol. The first kappa shape index (κ1) is 6.62. The monoisotopic (exact) mass is 142 g/mol. The Labute approximate surface area is 61.5 Å². The first-order valence-corrected chi connectivity index (χ1v) is 4.04. The highest BCUT2D eigenvalue weighted by molar-refractivity contribution is 4.87. The first-order chi connectivity index (χ1) is 4.81. The summed E-state index contributed by atoms with van der Waals surface area (Å²) in [5, 5.41) is 0. The number of ether oxygens (including phenoxy) is 2. The maximum absolute atomic E-state index is 5.44. The topological polar surface area (TPSA) is 18.5 Å². The third-order valence-corrected chi connectivity index (χ3v) is 2.69. The van der Waals surface area contributed by atoms with Gasteiger partial charge in [0.2, 0.25) is 0 Å². The predicted octanol–water partition coefficient (Wildman–Crippen LogP) is 1.55. The molecule has 1 saturated heterocycles. The zero-order valence-corrected chi connectivity index (χ0v) is 6.43. The summed E-state index contributed by atoms with van der Waals surface area (Å²) in [6.07, 6.45) is 4.01. The molecule has 2 nitrogen and oxygen atoms in total. The van der Waals surface area contributed by atoms with Crippen molar-refractivity contribution in [3.63, 3.8) is 0 Å². The lowest BCUT2D eigenvalue weighted by Gasteiger charge is -2.41. The number of hydrogen-bond donors (Lipinski definition) is 0. The molecule has 1 saturated carbocycles. The van der Waals surface area contributed by atoms with Gasteiger partial charge < -0.3 is 9.47 Å². The molecule has 1 aliphatic carbocycles. The van der Waals surface area contributed by atoms with Crippen LogP contribution in [0.25, 0.3) is 0 Å². The largest absolute Gasteiger partial charge is 0.350 e. The molecule has 2 heteroatoms. The second kappa shape index (κ2) is 2.21. The molecule has 0 aromatic rings. The molecule has 0 N–H and O–H groups in total. The molecule has 2 rings (SSSR count). The van der Waals surface area contributed by atoms with Gasteiger partial charge in [-0.05, 0) is 12.8 Å². The molecule has 1 heterocycles. The molecule has 2 aliphatic rings. The van der Waals surface area contributed by atoms with Crippen LogP contribution < -0.4 is 0 Å². The van der Waals surface area contributed by atoms with Gasteiger partial charge in [-0.15, -0.1) is 0 Å². The van der Waals surface area contributed by atoms with Crippen molar-refractivity contribution in [3.8, 4) is 0 Å². The fraction of sp³-hybridized carbons (Fsp3) is 1.00. The molecule has 0 atom stereocenters. The van der Waals surface area contributed by atoms with Crippen molar-refractivity contribution >= 4 is 0 Å². The van der Waals surface area contributed by atoms with Crippen LogP contribution in [-0.4, -0.2) is 19.5 Å². The Bertz CT molecular complexity index is 123. The van der Waals surface area contributed by atoms with E-state index in [1.165, 1.54) is 19.3 Å². The van der Waals surface area contributed by atoms with E-state index in [0.29, 0.717) is 5.41 Å². The van der Waals surface area contributed by atoms with Crippen LogP contribution in [0.5, 0.6) is 0 Å². The molecule has 1 aliphatic heterocycles. The third kappa shape index (κ3) is 0.867. The van der Waals surface area contributed by atoms with Gasteiger partial charge in [-0.2, -0.15) is 0 Å². The first-order valence-electron chi connectivity index (χ1n) is 4.04. The van der Waals surface area contributed by atoms with Crippen molar-refractivity contribution in [1.82, 2.24) is 0 Å². The Kier molecular flexibility index (Phi) is 1.46. The van der Waals surface area contributed by atoms with Crippen LogP contribution in [0.2, 0.25) is 0 Å². The average molecular weight is 142 g/mol. The van der Waals surface area contributed by atoms with Crippen molar-refractivity contribution in [1.29, 1.82) is 0 Å². The van der Waals surface area contributed by atoms with E-state index in [2.05, 4.69) is 6.92 Å². The van der Waals surface area contributed by atoms with Crippen molar-refractivity contribution in [2.45, 2.75) is 32.5 Å². The summed E-state index contributed by atoms with van der Waals surface area (Å²) in [5.41, 5.74) is 0.358. The second-order valence-corrected chi connectivity index (χ2v) is 3.58. The molecule has 0 radical (unpaired) electrons. The van der Waals surface area contributed by atoms with E-state index in [4.69, 9.17) is 9.47 Å². The van der Waals surface area contributed by atoms with Gasteiger partial charge in [-0.25, -0.2) is 0 Å². The Hall–Kier alpha value is -0.0800. The lowest BCUT2D eigenvalue weighted by Crippen LogP contribution is -2.39. The lowest BCUT2D eigenvalue weighted by molar-refractivity contribution is -0.155. The van der Waals surface area contributed by atoms with Gasteiger partial charge in [0.15, 0.2) is 6.29 Å². The van der Waals surface area contributed by atoms with E-state index in [-0.39, 0.29) is 6.29 Å². The lowest BCUT2D eigenvalue weighted by atomic mass is 9.70. The van der Waals surface area contributed by atoms with Crippen LogP contribution in [0.4, 0.5) is 0 Å². The standard InChI is InChI=1S/C8H14O2/c1-8(3-2-4-8)7-9-5-6-10-7/h7H,2-6H2,1H3. The van der Waals surface area contributed by atoms with Gasteiger partial charge in [0.1, 0.15) is 0 Å². The minimum Gasteiger partial charge on any atom is -0.350 e. The van der Waals surface area contributed by atoms with E-state index < -0.39 is 0 Å². The van der Waals surface area contributed by atoms with Gasteiger partial charge in [0.05, 0.1) is 13.2 Å². The molecule has 58 valence electrons. The van der Waals surface area contributed by atoms with Crippen LogP contribution in [0, 0.1) is 5.41 Å². The Morgan fingerprint density at radius 3 is 2.20 bits per heavy atom. The zero-order valence-electron chi connectivity index (χ0n) is 6.43. The van der Waals surface area contributed by atoms with Crippen molar-refractivity contribution in [2.24, 2.45) is 5.41 Å². The normalized spacial score (nSPS) is 32.1. The summed E-state index contributed by atoms with van der Waals surface area (Å²) >= 11 is 0. The molecule has 0 bridgehead atoms. The van der Waals surface area contributed by atoms with Crippen LogP contribution in [0.1, 0.15) is 26.2 Å². The van der Waals surface area contributed by atoms with E-state index in [1.807, 2.05) is 0 Å². The Balaban J connectivity index is 1.96. The van der Waals surface area contributed by atoms with Crippen molar-refractivity contribution < 1.29 is 9.47 Å². The van der Waals surface area contributed by atoms with Crippen molar-refractivity contribution in [3.05, 3.63) is 0 Å². The molecule has 2 fully saturated rings. The fourth-order valence-electron chi connectivity index (χ4n) is 1.73. The van der Waals surface area contributed by atoms with Gasteiger partial charge in [0.25, 0.3) is 0 Å². The number of rotatable bonds is 1. The molecule has 10 heavy (non-hydrogen) atoms. The maximum Gasteiger partial charge on any atom is 0.163 e. The molecular formula is C8H14O2. The van der Waals surface area contributed by atoms with Crippen LogP contribution in [0.15, 0.2) is 0 Å². The summed E-state index contributed by atoms with van der Waals surface area (Å²) in [4.78, 5) is 0. The molecule has 0 spiro atoms. The van der Waals surface area contributed by atoms with Gasteiger partial charge in [-0.3, -0.25) is 0 Å². The third-order valence-electron chi connectivity index (χ3n) is 2.69. The van der Waals surface area contributed by atoms with Gasteiger partial charge in [0, 0.05) is 5.41 Å². The molecule has 0 amide bonds. The van der Waals surface area contributed by atoms with Gasteiger partial charge in [-0.1, -0.05) is 13.3 Å². The minimum absolute atomic E-state index is 0.112. The van der Waals surface area contributed by atoms with Crippen molar-refractivity contribution in [2.75, 3.05) is 13.2 Å². The van der Waals surface area contributed by atoms with E-state index >= 15 is 0 Å². The van der Waals surface area contributed by atoms with Gasteiger partial charge >= 0.3 is 0 Å². The van der Waals surface area contributed by atoms with Crippen LogP contribution in [0.3, 0.4) is 0 Å². The van der Waals surface area contributed by atoms with E-state index in [0.717, 1.165) is 13.2 Å². The summed E-state index contributed by atoms with van der Waals surface area (Å²) in [5.74, 6) is 0. The van der Waals surface area contributed by atoms with Crippen LogP contribution >= 0.6 is 0 Å². The quantitative estimate of drug-likeness (QED) is 0.553. The smallest absolute Gasteiger partial charge is 0.163 e. The average Bonchev–Trinajstić information content (AvgIpc) is 2.33. The van der Waals surface area contributed by atoms with E-state index in [1.54, 1.807) is 0 Å². The molecule has 0 unspecified atom stereocenters. The Morgan fingerprint density at radius 1 is 1.20 bits per heavy atom. The number of hydrogen-bond acceptors (Lipinski definition) is 2. The minimum atomic E-state index is 0.112. The molecule has 0 aromatic heterocycles. The molecule has 0 aromatic carbocycles. The summed E-state index contributed by atoms with van der Waals surface area (Å²) < 4.78 is 10.9. The summed E-state index contributed by atoms with van der Waals surface area (Å²) in [7, 11) is 0. The second-order valence-electron chi connectivity index (χ2n) is 3.58. The fourth-order valence-corrected chi connectivity index (χ4v) is 1.73. The highest BCUT2D eigenvalue weighted by Gasteiger charge is 2.42. The maximum atomic E-state index is 5.44.